The SMILES string of the molecule is COC(=O)C1(OC)CCC(c2cc(N(COCC[Si](C)(C)C)COCC[Si](C)(C)C)n3ncc(I)c3n2)CC1.COC(=O)C1(OC)CCC(c2cc(N(COCC[Si](C)(C)C)COCC[Si](C)(C)C)n3nccc3n2)CC1. The van der Waals surface area contributed by atoms with Crippen LogP contribution in [0.5, 0.6) is 0 Å². The summed E-state index contributed by atoms with van der Waals surface area (Å²) >= 11 is 2.29. The summed E-state index contributed by atoms with van der Waals surface area (Å²) in [5.41, 5.74) is 1.88. The number of methoxy groups -OCH3 is 4. The molecule has 0 bridgehead atoms. The van der Waals surface area contributed by atoms with Gasteiger partial charge in [0.05, 0.1) is 30.2 Å². The van der Waals surface area contributed by atoms with Gasteiger partial charge >= 0.3 is 11.9 Å². The van der Waals surface area contributed by atoms with Gasteiger partial charge < -0.3 is 47.7 Å². The molecule has 2 saturated carbocycles. The molecule has 0 aliphatic heterocycles. The Morgan fingerprint density at radius 3 is 1.29 bits per heavy atom. The van der Waals surface area contributed by atoms with Crippen molar-refractivity contribution < 1.29 is 47.5 Å². The number of fused-ring (bicyclic) bond motifs is 2. The number of aromatic nitrogens is 6. The highest BCUT2D eigenvalue weighted by Gasteiger charge is 2.45. The molecule has 23 heteroatoms. The molecule has 0 unspecified atom stereocenters. The van der Waals surface area contributed by atoms with E-state index in [9.17, 15) is 9.59 Å². The van der Waals surface area contributed by atoms with Crippen molar-refractivity contribution >= 4 is 89.8 Å². The zero-order valence-corrected chi connectivity index (χ0v) is 55.9. The number of esters is 2. The Morgan fingerprint density at radius 2 is 0.935 bits per heavy atom. The summed E-state index contributed by atoms with van der Waals surface area (Å²) in [6.45, 7) is 33.0. The average Bonchev–Trinajstić information content (AvgIpc) is 4.02. The van der Waals surface area contributed by atoms with Gasteiger partial charge in [0.1, 0.15) is 38.6 Å². The first kappa shape index (κ1) is 65.0. The molecule has 4 aromatic rings. The molecule has 2 aliphatic carbocycles. The van der Waals surface area contributed by atoms with Crippen molar-refractivity contribution in [3.63, 3.8) is 0 Å². The van der Waals surface area contributed by atoms with Gasteiger partial charge in [-0.2, -0.15) is 19.2 Å². The van der Waals surface area contributed by atoms with Crippen molar-refractivity contribution in [3.05, 3.63) is 45.6 Å². The second-order valence-electron chi connectivity index (χ2n) is 25.8. The summed E-state index contributed by atoms with van der Waals surface area (Å²) in [5.74, 6) is 1.65. The fraction of sp³-hybridized carbons (Fsp3) is 0.741. The fourth-order valence-electron chi connectivity index (χ4n) is 9.39. The quantitative estimate of drug-likeness (QED) is 0.0172. The third-order valence-corrected chi connectivity index (χ3v) is 22.3. The molecule has 0 saturated heterocycles. The van der Waals surface area contributed by atoms with Crippen LogP contribution in [0.4, 0.5) is 11.6 Å². The number of nitrogens with zero attached hydrogens (tertiary/aromatic N) is 8. The predicted octanol–water partition coefficient (Wildman–Crippen LogP) is 11.4. The van der Waals surface area contributed by atoms with Crippen LogP contribution in [-0.4, -0.2) is 166 Å². The smallest absolute Gasteiger partial charge is 0.338 e. The van der Waals surface area contributed by atoms with Gasteiger partial charge in [0, 0.05) is 114 Å². The zero-order chi connectivity index (χ0) is 56.8. The topological polar surface area (TPSA) is 175 Å². The molecule has 2 aliphatic rings. The molecule has 0 aromatic carbocycles. The summed E-state index contributed by atoms with van der Waals surface area (Å²) < 4.78 is 50.9. The van der Waals surface area contributed by atoms with E-state index in [0.717, 1.165) is 114 Å². The summed E-state index contributed by atoms with van der Waals surface area (Å²) in [4.78, 5) is 39.1. The summed E-state index contributed by atoms with van der Waals surface area (Å²) in [7, 11) is 1.24. The van der Waals surface area contributed by atoms with Crippen molar-refractivity contribution in [1.82, 2.24) is 29.2 Å². The van der Waals surface area contributed by atoms with Gasteiger partial charge in [-0.25, -0.2) is 19.6 Å². The number of anilines is 2. The maximum atomic E-state index is 12.5. The molecule has 0 atom stereocenters. The molecule has 434 valence electrons. The molecule has 0 amide bonds. The van der Waals surface area contributed by atoms with Gasteiger partial charge in [-0.05, 0) is 98.1 Å². The van der Waals surface area contributed by atoms with Crippen LogP contribution in [0.2, 0.25) is 103 Å². The van der Waals surface area contributed by atoms with Crippen molar-refractivity contribution in [3.8, 4) is 0 Å². The molecule has 0 spiro atoms. The van der Waals surface area contributed by atoms with Gasteiger partial charge in [-0.1, -0.05) is 78.6 Å². The van der Waals surface area contributed by atoms with Crippen LogP contribution in [0.3, 0.4) is 0 Å². The van der Waals surface area contributed by atoms with E-state index >= 15 is 0 Å². The maximum absolute atomic E-state index is 12.5. The molecular weight excluding hydrogens is 1160 g/mol. The number of hydrogen-bond donors (Lipinski definition) is 0. The molecule has 77 heavy (non-hydrogen) atoms. The van der Waals surface area contributed by atoms with E-state index in [-0.39, 0.29) is 23.8 Å². The first-order valence-corrected chi connectivity index (χ1v) is 43.5. The second-order valence-corrected chi connectivity index (χ2v) is 49.5. The lowest BCUT2D eigenvalue weighted by Crippen LogP contribution is -2.44. The van der Waals surface area contributed by atoms with E-state index in [1.54, 1.807) is 20.4 Å². The van der Waals surface area contributed by atoms with Gasteiger partial charge in [-0.3, -0.25) is 0 Å². The first-order valence-electron chi connectivity index (χ1n) is 27.6. The van der Waals surface area contributed by atoms with Crippen LogP contribution < -0.4 is 9.80 Å². The largest absolute Gasteiger partial charge is 0.467 e. The normalized spacial score (nSPS) is 20.5. The summed E-state index contributed by atoms with van der Waals surface area (Å²) in [6, 6.07) is 10.6. The Hall–Kier alpha value is -2.86. The lowest BCUT2D eigenvalue weighted by Gasteiger charge is -2.36. The third-order valence-electron chi connectivity index (χ3n) is 14.7. The van der Waals surface area contributed by atoms with E-state index in [1.165, 1.54) is 14.2 Å². The average molecular weight is 1260 g/mol. The lowest BCUT2D eigenvalue weighted by atomic mass is 9.77. The van der Waals surface area contributed by atoms with Crippen LogP contribution in [0.15, 0.2) is 30.6 Å². The highest BCUT2D eigenvalue weighted by atomic mass is 127. The Morgan fingerprint density at radius 1 is 0.571 bits per heavy atom. The fourth-order valence-corrected chi connectivity index (χ4v) is 12.9. The number of rotatable bonds is 28. The molecule has 0 N–H and O–H groups in total. The lowest BCUT2D eigenvalue weighted by molar-refractivity contribution is -0.171. The number of hydrogen-bond acceptors (Lipinski definition) is 16. The standard InChI is InChI=1S/C27H47IN4O5Si2.C27H48N4O5Si2/c1-34-26(33)27(35-2)11-9-21(10-12-27)23-17-24(32-25(30-23)22(28)18-29-32)31(19-36-13-15-38(3,4)5)20-37-14-16-39(6,7)8;1-33-26(32)27(34-2)12-9-22(10-13-27)23-19-25(31-24(29-23)11-14-28-31)30(20-35-15-17-37(3,4)5)21-36-16-18-38(6,7)8/h17-18,21H,9-16,19-20H2,1-8H3;11,14,19,22H,9-10,12-13,15-18,20-21H2,1-8H3. The molecular formula is C54H95IN8O10Si4. The Balaban J connectivity index is 0.000000284. The Bertz CT molecular complexity index is 2430. The van der Waals surface area contributed by atoms with E-state index < -0.39 is 43.5 Å². The van der Waals surface area contributed by atoms with Crippen LogP contribution in [0.1, 0.15) is 74.6 Å². The second kappa shape index (κ2) is 28.7. The maximum Gasteiger partial charge on any atom is 0.338 e. The highest BCUT2D eigenvalue weighted by Crippen LogP contribution is 2.42. The Kier molecular flexibility index (Phi) is 24.2. The number of carbonyl (C=O) groups excluding carboxylic acids is 2. The van der Waals surface area contributed by atoms with Gasteiger partial charge in [-0.15, -0.1) is 0 Å². The van der Waals surface area contributed by atoms with Crippen molar-refractivity contribution in [2.75, 3.05) is 91.6 Å². The molecule has 4 heterocycles. The van der Waals surface area contributed by atoms with Crippen LogP contribution in [0.25, 0.3) is 11.3 Å². The van der Waals surface area contributed by atoms with Gasteiger partial charge in [0.2, 0.25) is 0 Å². The van der Waals surface area contributed by atoms with E-state index in [4.69, 9.17) is 47.9 Å². The molecule has 6 rings (SSSR count). The molecule has 18 nitrogen and oxygen atoms in total. The minimum Gasteiger partial charge on any atom is -0.467 e. The summed E-state index contributed by atoms with van der Waals surface area (Å²) in [6.07, 6.45) is 9.19. The summed E-state index contributed by atoms with van der Waals surface area (Å²) in [5, 5.41) is 9.22. The Labute approximate surface area is 477 Å². The number of ether oxygens (including phenoxy) is 8. The van der Waals surface area contributed by atoms with E-state index in [2.05, 4.69) is 133 Å². The monoisotopic (exact) mass is 1250 g/mol. The van der Waals surface area contributed by atoms with Crippen molar-refractivity contribution in [1.29, 1.82) is 0 Å². The molecule has 4 aromatic heterocycles. The third kappa shape index (κ3) is 19.4. The van der Waals surface area contributed by atoms with Crippen molar-refractivity contribution in [2.45, 2.75) is 177 Å². The van der Waals surface area contributed by atoms with Gasteiger partial charge in [0.15, 0.2) is 22.5 Å². The predicted molar refractivity (Wildman–Crippen MR) is 325 cm³/mol. The van der Waals surface area contributed by atoms with E-state index in [1.807, 2.05) is 21.3 Å². The van der Waals surface area contributed by atoms with E-state index in [0.29, 0.717) is 52.6 Å². The van der Waals surface area contributed by atoms with Crippen molar-refractivity contribution in [2.24, 2.45) is 0 Å². The minimum absolute atomic E-state index is 0.204. The van der Waals surface area contributed by atoms with Crippen LogP contribution >= 0.6 is 22.6 Å². The first-order chi connectivity index (χ1) is 36.2. The van der Waals surface area contributed by atoms with Crippen LogP contribution in [-0.2, 0) is 47.5 Å². The molecule has 2 fully saturated rings. The highest BCUT2D eigenvalue weighted by molar-refractivity contribution is 14.1. The zero-order valence-electron chi connectivity index (χ0n) is 49.7. The van der Waals surface area contributed by atoms with Crippen LogP contribution in [0, 0.1) is 3.57 Å². The number of carbonyl (C=O) groups is 2. The molecule has 0 radical (unpaired) electrons. The number of halogens is 1. The minimum atomic E-state index is -1.20. The van der Waals surface area contributed by atoms with Gasteiger partial charge in [0.25, 0.3) is 0 Å².